The Morgan fingerprint density at radius 1 is 1.18 bits per heavy atom. The van der Waals surface area contributed by atoms with Gasteiger partial charge in [0.25, 0.3) is 0 Å². The van der Waals surface area contributed by atoms with Gasteiger partial charge in [-0.15, -0.1) is 0 Å². The molecule has 4 rings (SSSR count). The van der Waals surface area contributed by atoms with Crippen LogP contribution in [-0.2, 0) is 4.79 Å². The molecular formula is C21H19Cl2N3O2. The van der Waals surface area contributed by atoms with Crippen molar-refractivity contribution in [3.63, 3.8) is 0 Å². The van der Waals surface area contributed by atoms with Gasteiger partial charge in [-0.1, -0.05) is 35.3 Å². The Morgan fingerprint density at radius 3 is 2.75 bits per heavy atom. The van der Waals surface area contributed by atoms with Crippen molar-refractivity contribution in [1.82, 2.24) is 9.97 Å². The number of aromatic nitrogens is 2. The first-order valence-corrected chi connectivity index (χ1v) is 9.88. The van der Waals surface area contributed by atoms with E-state index in [0.29, 0.717) is 23.0 Å². The van der Waals surface area contributed by atoms with Crippen LogP contribution in [0.4, 0.5) is 5.82 Å². The molecule has 1 aliphatic rings. The highest BCUT2D eigenvalue weighted by Gasteiger charge is 2.28. The van der Waals surface area contributed by atoms with Crippen LogP contribution in [0, 0.1) is 12.8 Å². The van der Waals surface area contributed by atoms with Crippen LogP contribution < -0.4 is 4.90 Å². The molecule has 7 heteroatoms. The first-order chi connectivity index (χ1) is 13.4. The quantitative estimate of drug-likeness (QED) is 0.635. The number of nitrogens with zero attached hydrogens (tertiary/aromatic N) is 3. The van der Waals surface area contributed by atoms with Gasteiger partial charge >= 0.3 is 5.97 Å². The molecule has 1 atom stereocenters. The molecule has 144 valence electrons. The van der Waals surface area contributed by atoms with Crippen LogP contribution in [0.1, 0.15) is 18.4 Å². The predicted octanol–water partition coefficient (Wildman–Crippen LogP) is 5.21. The van der Waals surface area contributed by atoms with E-state index in [1.165, 1.54) is 0 Å². The summed E-state index contributed by atoms with van der Waals surface area (Å²) < 4.78 is 0. The summed E-state index contributed by atoms with van der Waals surface area (Å²) >= 11 is 12.4. The molecule has 1 N–H and O–H groups in total. The van der Waals surface area contributed by atoms with E-state index in [1.807, 2.05) is 25.1 Å². The van der Waals surface area contributed by atoms with Gasteiger partial charge in [-0.05, 0) is 54.7 Å². The Labute approximate surface area is 172 Å². The predicted molar refractivity (Wildman–Crippen MR) is 112 cm³/mol. The monoisotopic (exact) mass is 415 g/mol. The molecule has 5 nitrogen and oxygen atoms in total. The number of rotatable bonds is 3. The average molecular weight is 416 g/mol. The third-order valence-electron chi connectivity index (χ3n) is 5.16. The number of fused-ring (bicyclic) bond motifs is 1. The Kier molecular flexibility index (Phi) is 5.13. The molecule has 1 fully saturated rings. The Morgan fingerprint density at radius 2 is 2.00 bits per heavy atom. The molecule has 1 saturated heterocycles. The molecule has 0 aliphatic carbocycles. The van der Waals surface area contributed by atoms with Crippen LogP contribution >= 0.6 is 23.2 Å². The summed E-state index contributed by atoms with van der Waals surface area (Å²) in [5.41, 5.74) is 3.77. The lowest BCUT2D eigenvalue weighted by Gasteiger charge is -2.32. The number of piperidine rings is 1. The lowest BCUT2D eigenvalue weighted by molar-refractivity contribution is -0.141. The summed E-state index contributed by atoms with van der Waals surface area (Å²) in [6, 6.07) is 9.63. The maximum atomic E-state index is 11.5. The zero-order chi connectivity index (χ0) is 19.8. The molecule has 0 radical (unpaired) electrons. The minimum absolute atomic E-state index is 0.391. The highest BCUT2D eigenvalue weighted by molar-refractivity contribution is 6.42. The van der Waals surface area contributed by atoms with Crippen molar-refractivity contribution >= 4 is 45.9 Å². The number of carboxylic acids is 1. The number of carboxylic acid groups (broad SMARTS) is 1. The fourth-order valence-electron chi connectivity index (χ4n) is 3.82. The van der Waals surface area contributed by atoms with E-state index in [1.54, 1.807) is 12.4 Å². The van der Waals surface area contributed by atoms with Crippen molar-refractivity contribution in [2.24, 2.45) is 5.92 Å². The van der Waals surface area contributed by atoms with Crippen LogP contribution in [0.3, 0.4) is 0 Å². The van der Waals surface area contributed by atoms with Crippen LogP contribution in [-0.4, -0.2) is 34.1 Å². The molecule has 0 spiro atoms. The number of carbonyl (C=O) groups is 1. The van der Waals surface area contributed by atoms with E-state index >= 15 is 0 Å². The third-order valence-corrected chi connectivity index (χ3v) is 5.90. The van der Waals surface area contributed by atoms with E-state index in [9.17, 15) is 9.90 Å². The lowest BCUT2D eigenvalue weighted by atomic mass is 9.95. The van der Waals surface area contributed by atoms with Crippen molar-refractivity contribution < 1.29 is 9.90 Å². The molecule has 2 heterocycles. The number of aryl methyl sites for hydroxylation is 1. The van der Waals surface area contributed by atoms with Crippen LogP contribution in [0.25, 0.3) is 22.0 Å². The van der Waals surface area contributed by atoms with Gasteiger partial charge in [0.1, 0.15) is 12.1 Å². The van der Waals surface area contributed by atoms with Gasteiger partial charge in [0.05, 0.1) is 26.9 Å². The third kappa shape index (κ3) is 3.52. The second kappa shape index (κ2) is 7.57. The maximum Gasteiger partial charge on any atom is 0.308 e. The van der Waals surface area contributed by atoms with E-state index < -0.39 is 11.9 Å². The van der Waals surface area contributed by atoms with Gasteiger partial charge in [0, 0.05) is 13.1 Å². The number of hydrogen-bond donors (Lipinski definition) is 1. The molecule has 3 aromatic rings. The minimum Gasteiger partial charge on any atom is -0.481 e. The second-order valence-electron chi connectivity index (χ2n) is 7.16. The fourth-order valence-corrected chi connectivity index (χ4v) is 4.11. The van der Waals surface area contributed by atoms with E-state index in [4.69, 9.17) is 23.2 Å². The molecule has 2 aromatic carbocycles. The van der Waals surface area contributed by atoms with Crippen LogP contribution in [0.15, 0.2) is 36.7 Å². The molecule has 1 aliphatic heterocycles. The van der Waals surface area contributed by atoms with Crippen LogP contribution in [0.2, 0.25) is 10.0 Å². The first-order valence-electron chi connectivity index (χ1n) is 9.12. The molecule has 28 heavy (non-hydrogen) atoms. The standard InChI is InChI=1S/C21H19Cl2N3O2/c1-12-7-15(13-4-5-16(22)17(23)9-13)19-18(8-12)24-11-25-20(19)26-6-2-3-14(10-26)21(27)28/h4-5,7-9,11,14H,2-3,6,10H2,1H3,(H,27,28). The molecule has 0 saturated carbocycles. The molecule has 1 aromatic heterocycles. The van der Waals surface area contributed by atoms with Crippen molar-refractivity contribution in [1.29, 1.82) is 0 Å². The number of aliphatic carboxylic acids is 1. The van der Waals surface area contributed by atoms with Gasteiger partial charge in [-0.3, -0.25) is 4.79 Å². The molecule has 1 unspecified atom stereocenters. The Bertz CT molecular complexity index is 1070. The van der Waals surface area contributed by atoms with Gasteiger partial charge in [0.2, 0.25) is 0 Å². The van der Waals surface area contributed by atoms with Crippen LogP contribution in [0.5, 0.6) is 0 Å². The van der Waals surface area contributed by atoms with Crippen molar-refractivity contribution in [3.05, 3.63) is 52.3 Å². The van der Waals surface area contributed by atoms with E-state index in [-0.39, 0.29) is 0 Å². The highest BCUT2D eigenvalue weighted by atomic mass is 35.5. The van der Waals surface area contributed by atoms with Gasteiger partial charge in [-0.2, -0.15) is 0 Å². The van der Waals surface area contributed by atoms with E-state index in [0.717, 1.165) is 46.4 Å². The molecular weight excluding hydrogens is 397 g/mol. The highest BCUT2D eigenvalue weighted by Crippen LogP contribution is 2.38. The van der Waals surface area contributed by atoms with Crippen molar-refractivity contribution in [3.8, 4) is 11.1 Å². The van der Waals surface area contributed by atoms with Gasteiger partial charge in [-0.25, -0.2) is 9.97 Å². The van der Waals surface area contributed by atoms with Crippen molar-refractivity contribution in [2.45, 2.75) is 19.8 Å². The summed E-state index contributed by atoms with van der Waals surface area (Å²) in [4.78, 5) is 22.6. The summed E-state index contributed by atoms with van der Waals surface area (Å²) in [6.07, 6.45) is 3.05. The SMILES string of the molecule is Cc1cc(-c2ccc(Cl)c(Cl)c2)c2c(N3CCCC(C(=O)O)C3)ncnc2c1. The largest absolute Gasteiger partial charge is 0.481 e. The number of halogens is 2. The zero-order valence-electron chi connectivity index (χ0n) is 15.3. The first kappa shape index (κ1) is 19.0. The number of anilines is 1. The summed E-state index contributed by atoms with van der Waals surface area (Å²) in [6.45, 7) is 3.23. The Balaban J connectivity index is 1.91. The van der Waals surface area contributed by atoms with E-state index in [2.05, 4.69) is 20.9 Å². The topological polar surface area (TPSA) is 66.3 Å². The smallest absolute Gasteiger partial charge is 0.308 e. The minimum atomic E-state index is -0.761. The number of hydrogen-bond acceptors (Lipinski definition) is 4. The lowest BCUT2D eigenvalue weighted by Crippen LogP contribution is -2.39. The second-order valence-corrected chi connectivity index (χ2v) is 7.97. The number of benzene rings is 2. The molecule has 0 amide bonds. The zero-order valence-corrected chi connectivity index (χ0v) is 16.8. The summed E-state index contributed by atoms with van der Waals surface area (Å²) in [5, 5.41) is 11.3. The normalized spacial score (nSPS) is 17.1. The van der Waals surface area contributed by atoms with Crippen molar-refractivity contribution in [2.75, 3.05) is 18.0 Å². The fraction of sp³-hybridized carbons (Fsp3) is 0.286. The van der Waals surface area contributed by atoms with Gasteiger partial charge < -0.3 is 10.0 Å². The summed E-state index contributed by atoms with van der Waals surface area (Å²) in [7, 11) is 0. The van der Waals surface area contributed by atoms with Gasteiger partial charge in [0.15, 0.2) is 0 Å². The molecule has 0 bridgehead atoms. The summed E-state index contributed by atoms with van der Waals surface area (Å²) in [5.74, 6) is -0.390. The Hall–Kier alpha value is -2.37. The average Bonchev–Trinajstić information content (AvgIpc) is 2.69. The maximum absolute atomic E-state index is 11.5.